The molecule has 2 aromatic carbocycles. The van der Waals surface area contributed by atoms with Crippen molar-refractivity contribution < 1.29 is 23.6 Å². The summed E-state index contributed by atoms with van der Waals surface area (Å²) in [4.78, 5) is 53.5. The van der Waals surface area contributed by atoms with Crippen molar-refractivity contribution >= 4 is 40.8 Å². The summed E-state index contributed by atoms with van der Waals surface area (Å²) < 4.78 is 13.1. The highest BCUT2D eigenvalue weighted by molar-refractivity contribution is 8.18. The van der Waals surface area contributed by atoms with Crippen LogP contribution in [0, 0.1) is 18.7 Å². The van der Waals surface area contributed by atoms with E-state index in [2.05, 4.69) is 5.32 Å². The Kier molecular flexibility index (Phi) is 7.65. The minimum atomic E-state index is -0.439. The summed E-state index contributed by atoms with van der Waals surface area (Å²) in [5.41, 5.74) is 2.29. The summed E-state index contributed by atoms with van der Waals surface area (Å²) in [6.45, 7) is 3.08. The van der Waals surface area contributed by atoms with Crippen molar-refractivity contribution in [1.29, 1.82) is 0 Å². The molecule has 2 aliphatic heterocycles. The zero-order valence-electron chi connectivity index (χ0n) is 19.3. The second-order valence-electron chi connectivity index (χ2n) is 8.63. The van der Waals surface area contributed by atoms with Crippen molar-refractivity contribution in [2.45, 2.75) is 19.8 Å². The maximum Gasteiger partial charge on any atom is 0.293 e. The molecule has 1 N–H and O–H groups in total. The normalized spacial score (nSPS) is 19.4. The number of carbonyl (C=O) groups is 4. The number of hydrogen-bond donors (Lipinski definition) is 1. The predicted molar refractivity (Wildman–Crippen MR) is 132 cm³/mol. The monoisotopic (exact) mass is 495 g/mol. The zero-order valence-corrected chi connectivity index (χ0v) is 20.1. The van der Waals surface area contributed by atoms with Gasteiger partial charge >= 0.3 is 0 Å². The molecule has 0 radical (unpaired) electrons. The molecular weight excluding hydrogens is 469 g/mol. The molecule has 2 aliphatic rings. The first kappa shape index (κ1) is 24.7. The molecule has 0 aliphatic carbocycles. The van der Waals surface area contributed by atoms with E-state index in [1.54, 1.807) is 23.1 Å². The Bertz CT molecular complexity index is 1160. The fraction of sp³-hybridized carbons (Fsp3) is 0.308. The van der Waals surface area contributed by atoms with Gasteiger partial charge in [-0.15, -0.1) is 0 Å². The first-order chi connectivity index (χ1) is 16.8. The standard InChI is InChI=1S/C26H26FN3O4S/c1-17-4-8-19(9-5-17)24(32)29-13-2-3-20(16-29)23(31)28-12-14-30-25(33)22(35-26(30)34)15-18-6-10-21(27)11-7-18/h4-11,15,20H,2-3,12-14,16H2,1H3,(H,28,31)/b22-15-. The number of imide groups is 1. The number of benzene rings is 2. The minimum absolute atomic E-state index is 0.0515. The number of halogens is 1. The number of amides is 4. The lowest BCUT2D eigenvalue weighted by Gasteiger charge is -2.32. The number of rotatable bonds is 6. The summed E-state index contributed by atoms with van der Waals surface area (Å²) in [5.74, 6) is -1.45. The third-order valence-corrected chi connectivity index (χ3v) is 6.96. The number of hydrogen-bond acceptors (Lipinski definition) is 5. The molecule has 2 aromatic rings. The van der Waals surface area contributed by atoms with Gasteiger partial charge in [-0.05, 0) is 67.4 Å². The van der Waals surface area contributed by atoms with E-state index in [9.17, 15) is 23.6 Å². The molecule has 0 aromatic heterocycles. The van der Waals surface area contributed by atoms with E-state index in [0.717, 1.165) is 28.6 Å². The van der Waals surface area contributed by atoms with E-state index >= 15 is 0 Å². The molecule has 1 unspecified atom stereocenters. The Hall–Kier alpha value is -3.46. The Labute approximate surface area is 207 Å². The molecule has 2 fully saturated rings. The molecule has 2 saturated heterocycles. The van der Waals surface area contributed by atoms with Gasteiger partial charge < -0.3 is 10.2 Å². The minimum Gasteiger partial charge on any atom is -0.354 e. The van der Waals surface area contributed by atoms with Crippen LogP contribution in [0.4, 0.5) is 9.18 Å². The van der Waals surface area contributed by atoms with E-state index in [1.165, 1.54) is 24.3 Å². The smallest absolute Gasteiger partial charge is 0.293 e. The molecular formula is C26H26FN3O4S. The van der Waals surface area contributed by atoms with E-state index in [4.69, 9.17) is 0 Å². The molecule has 35 heavy (non-hydrogen) atoms. The summed E-state index contributed by atoms with van der Waals surface area (Å²) in [5, 5.41) is 2.39. The molecule has 182 valence electrons. The largest absolute Gasteiger partial charge is 0.354 e. The Morgan fingerprint density at radius 3 is 2.54 bits per heavy atom. The lowest BCUT2D eigenvalue weighted by Crippen LogP contribution is -2.46. The van der Waals surface area contributed by atoms with Gasteiger partial charge in [0.1, 0.15) is 5.82 Å². The highest BCUT2D eigenvalue weighted by Crippen LogP contribution is 2.32. The van der Waals surface area contributed by atoms with Crippen molar-refractivity contribution in [2.24, 2.45) is 5.92 Å². The Morgan fingerprint density at radius 1 is 1.11 bits per heavy atom. The SMILES string of the molecule is Cc1ccc(C(=O)N2CCCC(C(=O)NCCN3C(=O)S/C(=C\c4ccc(F)cc4)C3=O)C2)cc1. The Morgan fingerprint density at radius 2 is 1.83 bits per heavy atom. The topological polar surface area (TPSA) is 86.8 Å². The van der Waals surface area contributed by atoms with Gasteiger partial charge in [0.25, 0.3) is 17.1 Å². The van der Waals surface area contributed by atoms with E-state index in [-0.39, 0.29) is 41.5 Å². The average molecular weight is 496 g/mol. The van der Waals surface area contributed by atoms with E-state index < -0.39 is 11.1 Å². The number of likely N-dealkylation sites (tertiary alicyclic amines) is 1. The van der Waals surface area contributed by atoms with Crippen molar-refractivity contribution in [3.8, 4) is 0 Å². The van der Waals surface area contributed by atoms with Crippen molar-refractivity contribution in [3.63, 3.8) is 0 Å². The maximum absolute atomic E-state index is 13.1. The maximum atomic E-state index is 13.1. The number of nitrogens with one attached hydrogen (secondary N) is 1. The zero-order chi connectivity index (χ0) is 24.9. The number of piperidine rings is 1. The highest BCUT2D eigenvalue weighted by atomic mass is 32.2. The van der Waals surface area contributed by atoms with Crippen LogP contribution in [-0.4, -0.2) is 58.9 Å². The average Bonchev–Trinajstić information content (AvgIpc) is 3.12. The lowest BCUT2D eigenvalue weighted by molar-refractivity contribution is -0.127. The Balaban J connectivity index is 1.28. The van der Waals surface area contributed by atoms with Crippen LogP contribution in [0.25, 0.3) is 6.08 Å². The molecule has 2 heterocycles. The van der Waals surface area contributed by atoms with Crippen LogP contribution in [0.1, 0.15) is 34.3 Å². The molecule has 4 amide bonds. The van der Waals surface area contributed by atoms with Gasteiger partial charge in [-0.1, -0.05) is 29.8 Å². The number of thioether (sulfide) groups is 1. The number of nitrogens with zero attached hydrogens (tertiary/aromatic N) is 2. The second kappa shape index (κ2) is 10.9. The molecule has 1 atom stereocenters. The quantitative estimate of drug-likeness (QED) is 0.616. The highest BCUT2D eigenvalue weighted by Gasteiger charge is 2.35. The fourth-order valence-electron chi connectivity index (χ4n) is 4.09. The van der Waals surface area contributed by atoms with Crippen molar-refractivity contribution in [3.05, 3.63) is 75.9 Å². The third kappa shape index (κ3) is 5.97. The van der Waals surface area contributed by atoms with Crippen molar-refractivity contribution in [2.75, 3.05) is 26.2 Å². The van der Waals surface area contributed by atoms with Crippen LogP contribution in [-0.2, 0) is 9.59 Å². The summed E-state index contributed by atoms with van der Waals surface area (Å²) >= 11 is 0.818. The van der Waals surface area contributed by atoms with Crippen LogP contribution >= 0.6 is 11.8 Å². The predicted octanol–water partition coefficient (Wildman–Crippen LogP) is 3.84. The van der Waals surface area contributed by atoms with Crippen LogP contribution in [0.15, 0.2) is 53.4 Å². The van der Waals surface area contributed by atoms with Gasteiger partial charge in [-0.3, -0.25) is 24.1 Å². The fourth-order valence-corrected chi connectivity index (χ4v) is 4.96. The second-order valence-corrected chi connectivity index (χ2v) is 9.63. The molecule has 4 rings (SSSR count). The lowest BCUT2D eigenvalue weighted by atomic mass is 9.96. The molecule has 0 bridgehead atoms. The van der Waals surface area contributed by atoms with Crippen LogP contribution in [0.3, 0.4) is 0 Å². The van der Waals surface area contributed by atoms with Gasteiger partial charge in [0.2, 0.25) is 5.91 Å². The van der Waals surface area contributed by atoms with Gasteiger partial charge in [-0.25, -0.2) is 4.39 Å². The number of carbonyl (C=O) groups excluding carboxylic acids is 4. The van der Waals surface area contributed by atoms with Gasteiger partial charge in [0.15, 0.2) is 0 Å². The summed E-state index contributed by atoms with van der Waals surface area (Å²) in [6, 6.07) is 13.0. The molecule has 0 spiro atoms. The van der Waals surface area contributed by atoms with Crippen LogP contribution in [0.5, 0.6) is 0 Å². The number of aryl methyl sites for hydroxylation is 1. The summed E-state index contributed by atoms with van der Waals surface area (Å²) in [6.07, 6.45) is 2.95. The first-order valence-electron chi connectivity index (χ1n) is 11.5. The molecule has 7 nitrogen and oxygen atoms in total. The van der Waals surface area contributed by atoms with Crippen LogP contribution < -0.4 is 5.32 Å². The first-order valence-corrected chi connectivity index (χ1v) is 12.3. The van der Waals surface area contributed by atoms with E-state index in [1.807, 2.05) is 19.1 Å². The van der Waals surface area contributed by atoms with E-state index in [0.29, 0.717) is 30.6 Å². The van der Waals surface area contributed by atoms with Crippen LogP contribution in [0.2, 0.25) is 0 Å². The third-order valence-electron chi connectivity index (χ3n) is 6.05. The van der Waals surface area contributed by atoms with Crippen molar-refractivity contribution in [1.82, 2.24) is 15.1 Å². The molecule has 9 heteroatoms. The molecule has 0 saturated carbocycles. The van der Waals surface area contributed by atoms with Gasteiger partial charge in [0.05, 0.1) is 10.8 Å². The van der Waals surface area contributed by atoms with Gasteiger partial charge in [-0.2, -0.15) is 0 Å². The summed E-state index contributed by atoms with van der Waals surface area (Å²) in [7, 11) is 0. The van der Waals surface area contributed by atoms with Gasteiger partial charge in [0, 0.05) is 31.7 Å².